The summed E-state index contributed by atoms with van der Waals surface area (Å²) in [5.74, 6) is 0.673. The molecule has 4 aromatic carbocycles. The van der Waals surface area contributed by atoms with Crippen LogP contribution >= 0.6 is 0 Å². The minimum Gasteiger partial charge on any atom is -0.539 e. The van der Waals surface area contributed by atoms with E-state index in [0.717, 1.165) is 5.56 Å². The maximum atomic E-state index is 9.01. The number of fused-ring (bicyclic) bond motifs is 3. The van der Waals surface area contributed by atoms with Crippen molar-refractivity contribution in [3.63, 3.8) is 0 Å². The van der Waals surface area contributed by atoms with Gasteiger partial charge in [-0.3, -0.25) is 0 Å². The zero-order chi connectivity index (χ0) is 16.8. The van der Waals surface area contributed by atoms with Crippen LogP contribution in [-0.4, -0.2) is 12.7 Å². The highest BCUT2D eigenvalue weighted by Crippen LogP contribution is 2.49. The average molecular weight is 322 g/mol. The molecule has 0 aliphatic heterocycles. The zero-order valence-electron chi connectivity index (χ0n) is 13.6. The highest BCUT2D eigenvalue weighted by Gasteiger charge is 2.21. The van der Waals surface area contributed by atoms with Gasteiger partial charge in [-0.05, 0) is 56.3 Å². The van der Waals surface area contributed by atoms with Gasteiger partial charge in [0.05, 0.1) is 0 Å². The first kappa shape index (κ1) is 14.3. The lowest BCUT2D eigenvalue weighted by Gasteiger charge is -2.11. The van der Waals surface area contributed by atoms with Crippen molar-refractivity contribution >= 4 is 18.5 Å². The lowest BCUT2D eigenvalue weighted by Crippen LogP contribution is -1.99. The zero-order valence-corrected chi connectivity index (χ0v) is 13.6. The van der Waals surface area contributed by atoms with Gasteiger partial charge >= 0.3 is 7.69 Å². The van der Waals surface area contributed by atoms with Gasteiger partial charge in [0, 0.05) is 0 Å². The molecule has 0 spiro atoms. The Hall–Kier alpha value is -3.04. The summed E-state index contributed by atoms with van der Waals surface area (Å²) in [6.07, 6.45) is 0. The van der Waals surface area contributed by atoms with E-state index in [2.05, 4.69) is 60.7 Å². The maximum absolute atomic E-state index is 9.01. The van der Waals surface area contributed by atoms with E-state index in [-0.39, 0.29) is 7.69 Å². The highest BCUT2D eigenvalue weighted by atomic mass is 16.5. The van der Waals surface area contributed by atoms with Gasteiger partial charge in [-0.15, -0.1) is 0 Å². The van der Waals surface area contributed by atoms with E-state index in [1.54, 1.807) is 0 Å². The van der Waals surface area contributed by atoms with Gasteiger partial charge < -0.3 is 9.68 Å². The predicted octanol–water partition coefficient (Wildman–Crippen LogP) is 4.79. The largest absolute Gasteiger partial charge is 0.539 e. The predicted molar refractivity (Wildman–Crippen MR) is 104 cm³/mol. The Morgan fingerprint density at radius 1 is 0.640 bits per heavy atom. The minimum absolute atomic E-state index is 0.317. The van der Waals surface area contributed by atoms with Crippen LogP contribution < -0.4 is 4.65 Å². The van der Waals surface area contributed by atoms with Crippen LogP contribution in [0.15, 0.2) is 78.9 Å². The molecule has 0 saturated heterocycles. The molecule has 5 rings (SSSR count). The van der Waals surface area contributed by atoms with Crippen molar-refractivity contribution in [2.75, 3.05) is 0 Å². The quantitative estimate of drug-likeness (QED) is 0.484. The molecule has 2 nitrogen and oxygen atoms in total. The van der Waals surface area contributed by atoms with Crippen LogP contribution in [0.4, 0.5) is 0 Å². The van der Waals surface area contributed by atoms with Crippen LogP contribution in [0, 0.1) is 0 Å². The number of hydrogen-bond acceptors (Lipinski definition) is 2. The fraction of sp³-hybridized carbons (Fsp3) is 0. The van der Waals surface area contributed by atoms with Crippen molar-refractivity contribution in [1.82, 2.24) is 0 Å². The van der Waals surface area contributed by atoms with Gasteiger partial charge in [-0.1, -0.05) is 66.7 Å². The second-order valence-corrected chi connectivity index (χ2v) is 6.24. The molecule has 0 heterocycles. The second kappa shape index (κ2) is 5.50. The molecule has 0 saturated carbocycles. The molecular formula is C22H15BO2. The average Bonchev–Trinajstić information content (AvgIpc) is 2.99. The Labute approximate surface area is 146 Å². The van der Waals surface area contributed by atoms with Crippen molar-refractivity contribution in [3.8, 4) is 39.1 Å². The first-order valence-corrected chi connectivity index (χ1v) is 8.36. The van der Waals surface area contributed by atoms with E-state index in [9.17, 15) is 0 Å². The number of benzene rings is 4. The second-order valence-electron chi connectivity index (χ2n) is 6.24. The Balaban J connectivity index is 1.79. The van der Waals surface area contributed by atoms with E-state index in [1.807, 2.05) is 18.2 Å². The molecule has 1 N–H and O–H groups in total. The standard InChI is InChI=1S/C22H15BO2/c24-23-25-15-6-3-5-14(13-15)16-11-12-21-18-8-2-1-7-17(18)20-10-4-9-19(16)22(20)21/h1-13,23-24H. The van der Waals surface area contributed by atoms with Crippen molar-refractivity contribution in [1.29, 1.82) is 0 Å². The monoisotopic (exact) mass is 322 g/mol. The smallest absolute Gasteiger partial charge is 0.504 e. The van der Waals surface area contributed by atoms with Gasteiger partial charge in [0.25, 0.3) is 0 Å². The number of rotatable bonds is 3. The Morgan fingerprint density at radius 2 is 1.32 bits per heavy atom. The molecule has 0 unspecified atom stereocenters. The van der Waals surface area contributed by atoms with Crippen LogP contribution in [0.3, 0.4) is 0 Å². The normalized spacial score (nSPS) is 11.4. The first-order chi connectivity index (χ1) is 12.4. The summed E-state index contributed by atoms with van der Waals surface area (Å²) >= 11 is 0. The molecular weight excluding hydrogens is 307 g/mol. The van der Waals surface area contributed by atoms with Crippen molar-refractivity contribution in [3.05, 3.63) is 78.9 Å². The van der Waals surface area contributed by atoms with Crippen LogP contribution in [-0.2, 0) is 0 Å². The lowest BCUT2D eigenvalue weighted by atomic mass is 9.94. The van der Waals surface area contributed by atoms with Crippen LogP contribution in [0.25, 0.3) is 44.2 Å². The molecule has 0 bridgehead atoms. The van der Waals surface area contributed by atoms with Crippen molar-refractivity contribution < 1.29 is 9.68 Å². The summed E-state index contributed by atoms with van der Waals surface area (Å²) in [5.41, 5.74) is 7.47. The SMILES string of the molecule is OBOc1cccc(-c2ccc3c4c(cccc24)-c2ccccc2-3)c1. The fourth-order valence-corrected chi connectivity index (χ4v) is 3.89. The molecule has 0 aromatic heterocycles. The van der Waals surface area contributed by atoms with E-state index in [4.69, 9.17) is 9.68 Å². The Morgan fingerprint density at radius 3 is 2.12 bits per heavy atom. The third-order valence-electron chi connectivity index (χ3n) is 4.92. The summed E-state index contributed by atoms with van der Waals surface area (Å²) in [4.78, 5) is 0. The van der Waals surface area contributed by atoms with Gasteiger partial charge in [-0.2, -0.15) is 0 Å². The van der Waals surface area contributed by atoms with Gasteiger partial charge in [0.15, 0.2) is 0 Å². The summed E-state index contributed by atoms with van der Waals surface area (Å²) in [7, 11) is -0.317. The molecule has 3 heteroatoms. The fourth-order valence-electron chi connectivity index (χ4n) is 3.89. The first-order valence-electron chi connectivity index (χ1n) is 8.36. The molecule has 0 fully saturated rings. The van der Waals surface area contributed by atoms with Gasteiger partial charge in [0.2, 0.25) is 0 Å². The molecule has 25 heavy (non-hydrogen) atoms. The summed E-state index contributed by atoms with van der Waals surface area (Å²) in [6.45, 7) is 0. The topological polar surface area (TPSA) is 29.5 Å². The Bertz CT molecular complexity index is 1090. The highest BCUT2D eigenvalue weighted by molar-refractivity contribution is 6.19. The van der Waals surface area contributed by atoms with Gasteiger partial charge in [-0.25, -0.2) is 0 Å². The molecule has 1 aliphatic carbocycles. The van der Waals surface area contributed by atoms with Gasteiger partial charge in [0.1, 0.15) is 5.75 Å². The van der Waals surface area contributed by atoms with E-state index in [1.165, 1.54) is 38.6 Å². The van der Waals surface area contributed by atoms with Crippen molar-refractivity contribution in [2.24, 2.45) is 0 Å². The summed E-state index contributed by atoms with van der Waals surface area (Å²) in [6, 6.07) is 27.4. The van der Waals surface area contributed by atoms with Crippen molar-refractivity contribution in [2.45, 2.75) is 0 Å². The minimum atomic E-state index is -0.317. The van der Waals surface area contributed by atoms with E-state index >= 15 is 0 Å². The van der Waals surface area contributed by atoms with E-state index in [0.29, 0.717) is 5.75 Å². The van der Waals surface area contributed by atoms with Crippen LogP contribution in [0.5, 0.6) is 5.75 Å². The molecule has 4 aromatic rings. The summed E-state index contributed by atoms with van der Waals surface area (Å²) in [5, 5.41) is 11.6. The molecule has 0 atom stereocenters. The third-order valence-corrected chi connectivity index (χ3v) is 4.92. The van der Waals surface area contributed by atoms with Crippen LogP contribution in [0.2, 0.25) is 0 Å². The molecule has 0 radical (unpaired) electrons. The van der Waals surface area contributed by atoms with E-state index < -0.39 is 0 Å². The maximum Gasteiger partial charge on any atom is 0.504 e. The summed E-state index contributed by atoms with van der Waals surface area (Å²) < 4.78 is 5.25. The molecule has 118 valence electrons. The Kier molecular flexibility index (Phi) is 3.15. The number of hydrogen-bond donors (Lipinski definition) is 1. The lowest BCUT2D eigenvalue weighted by molar-refractivity contribution is 0.454. The van der Waals surface area contributed by atoms with Crippen LogP contribution in [0.1, 0.15) is 0 Å². The molecule has 1 aliphatic rings. The third kappa shape index (κ3) is 2.10. The molecule has 0 amide bonds.